The SMILES string of the molecule is CC=C(CCCCCCCC)C(=O)O. The van der Waals surface area contributed by atoms with Gasteiger partial charge >= 0.3 is 5.97 Å². The van der Waals surface area contributed by atoms with Crippen molar-refractivity contribution >= 4 is 5.97 Å². The molecule has 0 heterocycles. The fourth-order valence-corrected chi connectivity index (χ4v) is 1.47. The predicted molar refractivity (Wildman–Crippen MR) is 59.4 cm³/mol. The van der Waals surface area contributed by atoms with Gasteiger partial charge in [0.15, 0.2) is 0 Å². The largest absolute Gasteiger partial charge is 0.478 e. The first-order valence-corrected chi connectivity index (χ1v) is 5.60. The van der Waals surface area contributed by atoms with Crippen LogP contribution >= 0.6 is 0 Å². The van der Waals surface area contributed by atoms with E-state index in [0.29, 0.717) is 5.57 Å². The maximum Gasteiger partial charge on any atom is 0.331 e. The molecule has 0 saturated heterocycles. The second-order valence-corrected chi connectivity index (χ2v) is 3.64. The van der Waals surface area contributed by atoms with Gasteiger partial charge < -0.3 is 5.11 Å². The minimum absolute atomic E-state index is 0.556. The number of hydrogen-bond acceptors (Lipinski definition) is 1. The molecule has 0 atom stereocenters. The van der Waals surface area contributed by atoms with Crippen molar-refractivity contribution in [2.75, 3.05) is 0 Å². The summed E-state index contributed by atoms with van der Waals surface area (Å²) in [6.07, 6.45) is 9.68. The zero-order valence-electron chi connectivity index (χ0n) is 9.38. The monoisotopic (exact) mass is 198 g/mol. The Kier molecular flexibility index (Phi) is 8.30. The number of carboxylic acid groups (broad SMARTS) is 1. The fraction of sp³-hybridized carbons (Fsp3) is 0.750. The lowest BCUT2D eigenvalue weighted by atomic mass is 10.1. The van der Waals surface area contributed by atoms with Crippen LogP contribution in [0.15, 0.2) is 11.6 Å². The maximum atomic E-state index is 10.6. The Labute approximate surface area is 87.0 Å². The predicted octanol–water partition coefficient (Wildman–Crippen LogP) is 3.77. The van der Waals surface area contributed by atoms with Crippen molar-refractivity contribution in [2.24, 2.45) is 0 Å². The van der Waals surface area contributed by atoms with E-state index < -0.39 is 5.97 Å². The molecule has 0 aromatic carbocycles. The second-order valence-electron chi connectivity index (χ2n) is 3.64. The smallest absolute Gasteiger partial charge is 0.331 e. The van der Waals surface area contributed by atoms with Crippen LogP contribution in [0.3, 0.4) is 0 Å². The molecular weight excluding hydrogens is 176 g/mol. The van der Waals surface area contributed by atoms with Crippen molar-refractivity contribution in [3.05, 3.63) is 11.6 Å². The van der Waals surface area contributed by atoms with E-state index in [1.165, 1.54) is 25.7 Å². The van der Waals surface area contributed by atoms with Gasteiger partial charge in [-0.1, -0.05) is 45.1 Å². The number of rotatable bonds is 8. The highest BCUT2D eigenvalue weighted by Gasteiger charge is 2.04. The van der Waals surface area contributed by atoms with Gasteiger partial charge in [0.2, 0.25) is 0 Å². The van der Waals surface area contributed by atoms with Gasteiger partial charge in [0.05, 0.1) is 0 Å². The van der Waals surface area contributed by atoms with Crippen LogP contribution in [0.2, 0.25) is 0 Å². The van der Waals surface area contributed by atoms with Crippen molar-refractivity contribution < 1.29 is 9.90 Å². The number of carboxylic acids is 1. The maximum absolute atomic E-state index is 10.6. The summed E-state index contributed by atoms with van der Waals surface area (Å²) in [4.78, 5) is 10.6. The molecule has 0 spiro atoms. The number of aliphatic carboxylic acids is 1. The van der Waals surface area contributed by atoms with Gasteiger partial charge in [-0.05, 0) is 19.8 Å². The molecule has 0 rings (SSSR count). The van der Waals surface area contributed by atoms with E-state index in [1.807, 2.05) is 0 Å². The van der Waals surface area contributed by atoms with Crippen molar-refractivity contribution in [3.8, 4) is 0 Å². The molecule has 0 aliphatic heterocycles. The summed E-state index contributed by atoms with van der Waals surface area (Å²) in [5.74, 6) is -0.763. The number of allylic oxidation sites excluding steroid dienone is 1. The average Bonchev–Trinajstić information content (AvgIpc) is 2.16. The molecule has 0 amide bonds. The summed E-state index contributed by atoms with van der Waals surface area (Å²) in [7, 11) is 0. The van der Waals surface area contributed by atoms with Gasteiger partial charge in [-0.15, -0.1) is 0 Å². The lowest BCUT2D eigenvalue weighted by Crippen LogP contribution is -1.99. The summed E-state index contributed by atoms with van der Waals surface area (Å²) in [5, 5.41) is 8.75. The lowest BCUT2D eigenvalue weighted by Gasteiger charge is -2.01. The van der Waals surface area contributed by atoms with Crippen LogP contribution in [-0.2, 0) is 4.79 Å². The molecule has 0 radical (unpaired) electrons. The fourth-order valence-electron chi connectivity index (χ4n) is 1.47. The van der Waals surface area contributed by atoms with Crippen LogP contribution in [-0.4, -0.2) is 11.1 Å². The summed E-state index contributed by atoms with van der Waals surface area (Å²) in [5.41, 5.74) is 0.556. The topological polar surface area (TPSA) is 37.3 Å². The second kappa shape index (κ2) is 8.79. The van der Waals surface area contributed by atoms with Crippen LogP contribution in [0.5, 0.6) is 0 Å². The molecule has 2 nitrogen and oxygen atoms in total. The van der Waals surface area contributed by atoms with E-state index in [1.54, 1.807) is 13.0 Å². The van der Waals surface area contributed by atoms with Crippen molar-refractivity contribution in [2.45, 2.75) is 58.8 Å². The first-order chi connectivity index (χ1) is 6.72. The Balaban J connectivity index is 3.39. The Morgan fingerprint density at radius 2 is 1.71 bits per heavy atom. The van der Waals surface area contributed by atoms with Crippen LogP contribution in [0, 0.1) is 0 Å². The highest BCUT2D eigenvalue weighted by atomic mass is 16.4. The van der Waals surface area contributed by atoms with Crippen molar-refractivity contribution in [1.82, 2.24) is 0 Å². The number of hydrogen-bond donors (Lipinski definition) is 1. The third-order valence-corrected chi connectivity index (χ3v) is 2.42. The van der Waals surface area contributed by atoms with E-state index in [9.17, 15) is 4.79 Å². The molecule has 1 N–H and O–H groups in total. The number of unbranched alkanes of at least 4 members (excludes halogenated alkanes) is 5. The van der Waals surface area contributed by atoms with E-state index in [-0.39, 0.29) is 0 Å². The number of carbonyl (C=O) groups is 1. The van der Waals surface area contributed by atoms with E-state index in [0.717, 1.165) is 19.3 Å². The quantitative estimate of drug-likeness (QED) is 0.476. The Bertz CT molecular complexity index is 183. The molecule has 0 bridgehead atoms. The van der Waals surface area contributed by atoms with Crippen LogP contribution < -0.4 is 0 Å². The van der Waals surface area contributed by atoms with E-state index in [4.69, 9.17) is 5.11 Å². The van der Waals surface area contributed by atoms with Gasteiger partial charge in [-0.3, -0.25) is 0 Å². The van der Waals surface area contributed by atoms with E-state index in [2.05, 4.69) is 6.92 Å². The first-order valence-electron chi connectivity index (χ1n) is 5.60. The minimum Gasteiger partial charge on any atom is -0.478 e. The molecule has 0 saturated carbocycles. The van der Waals surface area contributed by atoms with E-state index >= 15 is 0 Å². The molecule has 0 aliphatic rings. The van der Waals surface area contributed by atoms with Gasteiger partial charge in [0.1, 0.15) is 0 Å². The Hall–Kier alpha value is -0.790. The molecule has 0 aliphatic carbocycles. The van der Waals surface area contributed by atoms with Crippen LogP contribution in [0.1, 0.15) is 58.8 Å². The summed E-state index contributed by atoms with van der Waals surface area (Å²) in [6.45, 7) is 3.99. The Morgan fingerprint density at radius 3 is 2.21 bits per heavy atom. The standard InChI is InChI=1S/C12H22O2/c1-3-5-6-7-8-9-10-11(4-2)12(13)14/h4H,3,5-10H2,1-2H3,(H,13,14). The molecular formula is C12H22O2. The molecule has 0 fully saturated rings. The molecule has 0 aromatic heterocycles. The molecule has 82 valence electrons. The van der Waals surface area contributed by atoms with Gasteiger partial charge in [-0.25, -0.2) is 4.79 Å². The molecule has 0 unspecified atom stereocenters. The first kappa shape index (κ1) is 13.2. The lowest BCUT2D eigenvalue weighted by molar-refractivity contribution is -0.132. The Morgan fingerprint density at radius 1 is 1.14 bits per heavy atom. The molecule has 14 heavy (non-hydrogen) atoms. The average molecular weight is 198 g/mol. The summed E-state index contributed by atoms with van der Waals surface area (Å²) in [6, 6.07) is 0. The van der Waals surface area contributed by atoms with Crippen LogP contribution in [0.25, 0.3) is 0 Å². The van der Waals surface area contributed by atoms with Crippen molar-refractivity contribution in [1.29, 1.82) is 0 Å². The third-order valence-electron chi connectivity index (χ3n) is 2.42. The third kappa shape index (κ3) is 6.70. The highest BCUT2D eigenvalue weighted by molar-refractivity contribution is 5.86. The van der Waals surface area contributed by atoms with Crippen LogP contribution in [0.4, 0.5) is 0 Å². The molecule has 2 heteroatoms. The summed E-state index contributed by atoms with van der Waals surface area (Å²) >= 11 is 0. The van der Waals surface area contributed by atoms with Gasteiger partial charge in [0, 0.05) is 5.57 Å². The van der Waals surface area contributed by atoms with Gasteiger partial charge in [0.25, 0.3) is 0 Å². The zero-order chi connectivity index (χ0) is 10.8. The van der Waals surface area contributed by atoms with Crippen molar-refractivity contribution in [3.63, 3.8) is 0 Å². The van der Waals surface area contributed by atoms with Gasteiger partial charge in [-0.2, -0.15) is 0 Å². The summed E-state index contributed by atoms with van der Waals surface area (Å²) < 4.78 is 0. The molecule has 0 aromatic rings. The zero-order valence-corrected chi connectivity index (χ0v) is 9.38. The normalized spacial score (nSPS) is 11.7. The minimum atomic E-state index is -0.763. The highest BCUT2D eigenvalue weighted by Crippen LogP contribution is 2.11.